The summed E-state index contributed by atoms with van der Waals surface area (Å²) in [4.78, 5) is 35.0. The van der Waals surface area contributed by atoms with Crippen LogP contribution >= 0.6 is 0 Å². The number of piperidine rings is 1. The van der Waals surface area contributed by atoms with Gasteiger partial charge < -0.3 is 4.90 Å². The number of likely N-dealkylation sites (tertiary alicyclic amines) is 1. The van der Waals surface area contributed by atoms with Crippen LogP contribution in [0.5, 0.6) is 0 Å². The summed E-state index contributed by atoms with van der Waals surface area (Å²) in [5.41, 5.74) is 0.0537. The summed E-state index contributed by atoms with van der Waals surface area (Å²) in [6, 6.07) is -1.35. The number of carbonyl (C=O) groups is 2. The number of carbonyl (C=O) groups excluding carboxylic acids is 2. The smallest absolute Gasteiger partial charge is 0.258 e. The van der Waals surface area contributed by atoms with Gasteiger partial charge in [-0.3, -0.25) is 9.59 Å². The van der Waals surface area contributed by atoms with Crippen molar-refractivity contribution in [1.29, 1.82) is 0 Å². The molecule has 1 saturated heterocycles. The molecule has 0 aliphatic carbocycles. The Morgan fingerprint density at radius 3 is 2.44 bits per heavy atom. The largest absolute Gasteiger partial charge is 0.340 e. The predicted octanol–water partition coefficient (Wildman–Crippen LogP) is 1.36. The van der Waals surface area contributed by atoms with E-state index in [9.17, 15) is 14.5 Å². The van der Waals surface area contributed by atoms with E-state index in [1.807, 2.05) is 0 Å². The molecule has 1 amide bonds. The third kappa shape index (κ3) is 2.87. The quantitative estimate of drug-likeness (QED) is 0.539. The Hall–Kier alpha value is -1.26. The van der Waals surface area contributed by atoms with Crippen LogP contribution in [0.15, 0.2) is 5.18 Å². The first-order chi connectivity index (χ1) is 7.37. The molecule has 1 fully saturated rings. The molecule has 0 N–H and O–H groups in total. The molecule has 0 aromatic heterocycles. The maximum atomic E-state index is 11.9. The molecule has 0 saturated carbocycles. The van der Waals surface area contributed by atoms with Gasteiger partial charge in [-0.2, -0.15) is 0 Å². The van der Waals surface area contributed by atoms with Crippen LogP contribution in [0.25, 0.3) is 0 Å². The Balaban J connectivity index is 2.73. The van der Waals surface area contributed by atoms with Crippen LogP contribution in [0.1, 0.15) is 33.6 Å². The molecule has 0 aromatic carbocycles. The van der Waals surface area contributed by atoms with Gasteiger partial charge in [0.1, 0.15) is 0 Å². The van der Waals surface area contributed by atoms with Crippen molar-refractivity contribution in [2.75, 3.05) is 13.1 Å². The molecule has 0 radical (unpaired) electrons. The normalized spacial score (nSPS) is 21.3. The molecule has 1 aliphatic heterocycles. The van der Waals surface area contributed by atoms with Crippen molar-refractivity contribution in [3.63, 3.8) is 0 Å². The molecule has 1 unspecified atom stereocenters. The van der Waals surface area contributed by atoms with Gasteiger partial charge in [-0.1, -0.05) is 13.8 Å². The van der Waals surface area contributed by atoms with Crippen LogP contribution < -0.4 is 0 Å². The van der Waals surface area contributed by atoms with Gasteiger partial charge >= 0.3 is 0 Å². The van der Waals surface area contributed by atoms with Crippen molar-refractivity contribution in [3.8, 4) is 0 Å². The molecule has 0 bridgehead atoms. The molecule has 1 rings (SSSR count). The van der Waals surface area contributed by atoms with Gasteiger partial charge in [-0.25, -0.2) is 0 Å². The van der Waals surface area contributed by atoms with Crippen molar-refractivity contribution < 1.29 is 9.59 Å². The average Bonchev–Trinajstić information content (AvgIpc) is 2.16. The number of hydrogen-bond acceptors (Lipinski definition) is 4. The van der Waals surface area contributed by atoms with E-state index in [0.29, 0.717) is 13.1 Å². The maximum Gasteiger partial charge on any atom is 0.258 e. The Morgan fingerprint density at radius 2 is 2.00 bits per heavy atom. The van der Waals surface area contributed by atoms with Gasteiger partial charge in [0.2, 0.25) is 6.04 Å². The maximum absolute atomic E-state index is 11.9. The topological polar surface area (TPSA) is 66.8 Å². The minimum absolute atomic E-state index is 0.0537. The third-order valence-electron chi connectivity index (χ3n) is 2.94. The Kier molecular flexibility index (Phi) is 3.78. The van der Waals surface area contributed by atoms with Gasteiger partial charge in [0, 0.05) is 13.1 Å². The summed E-state index contributed by atoms with van der Waals surface area (Å²) in [6.45, 7) is 6.57. The Morgan fingerprint density at radius 1 is 1.38 bits per heavy atom. The zero-order chi connectivity index (χ0) is 12.3. The molecular formula is C11H18N2O3. The van der Waals surface area contributed by atoms with Crippen LogP contribution in [0.3, 0.4) is 0 Å². The first-order valence-corrected chi connectivity index (χ1v) is 5.49. The zero-order valence-electron chi connectivity index (χ0n) is 10.0. The molecule has 1 atom stereocenters. The number of nitrogens with zero attached hydrogens (tertiary/aromatic N) is 2. The third-order valence-corrected chi connectivity index (χ3v) is 2.94. The van der Waals surface area contributed by atoms with E-state index in [0.717, 1.165) is 12.8 Å². The van der Waals surface area contributed by atoms with E-state index in [-0.39, 0.29) is 5.41 Å². The number of amides is 1. The SMILES string of the molecule is CC(=O)C(N=O)C(=O)N1CCCC(C)(C)C1. The standard InChI is InChI=1S/C11H18N2O3/c1-8(14)9(12-16)10(15)13-6-4-5-11(2,3)7-13/h9H,4-7H2,1-3H3. The highest BCUT2D eigenvalue weighted by molar-refractivity contribution is 6.04. The van der Waals surface area contributed by atoms with Crippen LogP contribution in [0.2, 0.25) is 0 Å². The molecule has 16 heavy (non-hydrogen) atoms. The molecule has 5 heteroatoms. The molecule has 0 spiro atoms. The zero-order valence-corrected chi connectivity index (χ0v) is 10.0. The first kappa shape index (κ1) is 12.8. The van der Waals surface area contributed by atoms with Gasteiger partial charge in [0.25, 0.3) is 5.91 Å². The fourth-order valence-electron chi connectivity index (χ4n) is 2.08. The number of ketones is 1. The minimum atomic E-state index is -1.35. The van der Waals surface area contributed by atoms with Crippen molar-refractivity contribution in [2.45, 2.75) is 39.7 Å². The van der Waals surface area contributed by atoms with Gasteiger partial charge in [-0.15, -0.1) is 4.91 Å². The molecule has 5 nitrogen and oxygen atoms in total. The Bertz CT molecular complexity index is 312. The van der Waals surface area contributed by atoms with E-state index < -0.39 is 17.7 Å². The summed E-state index contributed by atoms with van der Waals surface area (Å²) in [5, 5.41) is 2.62. The molecule has 0 aromatic rings. The van der Waals surface area contributed by atoms with Gasteiger partial charge in [0.15, 0.2) is 5.78 Å². The highest BCUT2D eigenvalue weighted by atomic mass is 16.3. The highest BCUT2D eigenvalue weighted by Gasteiger charge is 2.34. The van der Waals surface area contributed by atoms with E-state index in [1.165, 1.54) is 6.92 Å². The van der Waals surface area contributed by atoms with Crippen molar-refractivity contribution in [2.24, 2.45) is 10.6 Å². The van der Waals surface area contributed by atoms with E-state index in [1.54, 1.807) is 4.90 Å². The summed E-state index contributed by atoms with van der Waals surface area (Å²) in [7, 11) is 0. The van der Waals surface area contributed by atoms with Crippen molar-refractivity contribution in [3.05, 3.63) is 4.91 Å². The van der Waals surface area contributed by atoms with Crippen molar-refractivity contribution in [1.82, 2.24) is 4.90 Å². The lowest BCUT2D eigenvalue weighted by Gasteiger charge is -2.38. The molecule has 1 aliphatic rings. The molecule has 1 heterocycles. The van der Waals surface area contributed by atoms with Crippen molar-refractivity contribution >= 4 is 11.7 Å². The second kappa shape index (κ2) is 4.72. The van der Waals surface area contributed by atoms with Crippen LogP contribution in [0, 0.1) is 10.3 Å². The second-order valence-corrected chi connectivity index (χ2v) is 5.15. The lowest BCUT2D eigenvalue weighted by Crippen LogP contribution is -2.48. The summed E-state index contributed by atoms with van der Waals surface area (Å²) < 4.78 is 0. The second-order valence-electron chi connectivity index (χ2n) is 5.15. The summed E-state index contributed by atoms with van der Waals surface area (Å²) in [5.74, 6) is -0.932. The molecular weight excluding hydrogens is 208 g/mol. The van der Waals surface area contributed by atoms with Crippen LogP contribution in [-0.4, -0.2) is 35.7 Å². The van der Waals surface area contributed by atoms with Gasteiger partial charge in [0.05, 0.1) is 0 Å². The Labute approximate surface area is 95.2 Å². The van der Waals surface area contributed by atoms with E-state index in [4.69, 9.17) is 0 Å². The summed E-state index contributed by atoms with van der Waals surface area (Å²) in [6.07, 6.45) is 1.96. The minimum Gasteiger partial charge on any atom is -0.340 e. The van der Waals surface area contributed by atoms with Crippen LogP contribution in [0.4, 0.5) is 0 Å². The van der Waals surface area contributed by atoms with E-state index in [2.05, 4.69) is 19.0 Å². The lowest BCUT2D eigenvalue weighted by molar-refractivity contribution is -0.139. The summed E-state index contributed by atoms with van der Waals surface area (Å²) >= 11 is 0. The number of rotatable bonds is 3. The first-order valence-electron chi connectivity index (χ1n) is 5.49. The predicted molar refractivity (Wildman–Crippen MR) is 59.9 cm³/mol. The average molecular weight is 226 g/mol. The number of hydrogen-bond donors (Lipinski definition) is 0. The van der Waals surface area contributed by atoms with Crippen LogP contribution in [-0.2, 0) is 9.59 Å². The fourth-order valence-corrected chi connectivity index (χ4v) is 2.08. The highest BCUT2D eigenvalue weighted by Crippen LogP contribution is 2.28. The monoisotopic (exact) mass is 226 g/mol. The number of nitroso groups, excluding NO2 is 1. The molecule has 90 valence electrons. The van der Waals surface area contributed by atoms with Gasteiger partial charge in [-0.05, 0) is 30.4 Å². The lowest BCUT2D eigenvalue weighted by atomic mass is 9.84. The number of Topliss-reactive ketones (excluding diaryl/α,β-unsaturated/α-hetero) is 1. The fraction of sp³-hybridized carbons (Fsp3) is 0.818. The van der Waals surface area contributed by atoms with E-state index >= 15 is 0 Å².